The molecule has 0 aliphatic heterocycles. The Kier molecular flexibility index (Phi) is 6.59. The maximum atomic E-state index is 3.62. The molecule has 0 aliphatic rings. The minimum absolute atomic E-state index is 0.983. The van der Waals surface area contributed by atoms with Gasteiger partial charge in [-0.25, -0.2) is 0 Å². The van der Waals surface area contributed by atoms with Crippen LogP contribution in [0.1, 0.15) is 19.3 Å². The van der Waals surface area contributed by atoms with Crippen molar-refractivity contribution in [2.45, 2.75) is 19.3 Å². The molecule has 0 fully saturated rings. The fourth-order valence-electron chi connectivity index (χ4n) is 0.524. The minimum Gasteiger partial charge on any atom is -0.103 e. The zero-order chi connectivity index (χ0) is 6.95. The van der Waals surface area contributed by atoms with Crippen LogP contribution in [0.2, 0.25) is 0 Å². The van der Waals surface area contributed by atoms with Crippen LogP contribution < -0.4 is 0 Å². The van der Waals surface area contributed by atoms with E-state index in [4.69, 9.17) is 0 Å². The molecule has 0 saturated heterocycles. The second-order valence-corrected chi connectivity index (χ2v) is 1.86. The molecule has 0 nitrogen and oxygen atoms in total. The van der Waals surface area contributed by atoms with Gasteiger partial charge in [0.25, 0.3) is 0 Å². The first-order valence-corrected chi connectivity index (χ1v) is 3.28. The molecule has 0 aromatic heterocycles. The Morgan fingerprint density at radius 3 is 2.22 bits per heavy atom. The second kappa shape index (κ2) is 7.22. The molecule has 50 valence electrons. The third kappa shape index (κ3) is 7.22. The monoisotopic (exact) mass is 122 g/mol. The highest BCUT2D eigenvalue weighted by Crippen LogP contribution is 1.92. The van der Waals surface area contributed by atoms with E-state index in [1.54, 1.807) is 0 Å². The van der Waals surface area contributed by atoms with Crippen molar-refractivity contribution in [1.82, 2.24) is 0 Å². The van der Waals surface area contributed by atoms with Crippen molar-refractivity contribution < 1.29 is 0 Å². The second-order valence-electron chi connectivity index (χ2n) is 1.86. The molecular formula is C9H14. The van der Waals surface area contributed by atoms with E-state index in [2.05, 4.69) is 25.3 Å². The van der Waals surface area contributed by atoms with Crippen molar-refractivity contribution in [3.8, 4) is 0 Å². The van der Waals surface area contributed by atoms with Gasteiger partial charge < -0.3 is 0 Å². The van der Waals surface area contributed by atoms with E-state index < -0.39 is 0 Å². The van der Waals surface area contributed by atoms with E-state index in [1.165, 1.54) is 0 Å². The lowest BCUT2D eigenvalue weighted by molar-refractivity contribution is 1.05. The average molecular weight is 122 g/mol. The van der Waals surface area contributed by atoms with Gasteiger partial charge in [-0.15, -0.1) is 13.2 Å². The lowest BCUT2D eigenvalue weighted by atomic mass is 10.2. The normalized spacial score (nSPS) is 9.78. The first-order chi connectivity index (χ1) is 4.41. The highest BCUT2D eigenvalue weighted by molar-refractivity contribution is 4.89. The van der Waals surface area contributed by atoms with Crippen LogP contribution in [0.15, 0.2) is 37.5 Å². The molecule has 0 unspecified atom stereocenters. The van der Waals surface area contributed by atoms with Crippen molar-refractivity contribution in [2.24, 2.45) is 0 Å². The lowest BCUT2D eigenvalue weighted by Gasteiger charge is -1.82. The van der Waals surface area contributed by atoms with Crippen LogP contribution in [0, 0.1) is 0 Å². The van der Waals surface area contributed by atoms with Crippen molar-refractivity contribution in [3.63, 3.8) is 0 Å². The summed E-state index contributed by atoms with van der Waals surface area (Å²) >= 11 is 0. The first kappa shape index (κ1) is 8.22. The van der Waals surface area contributed by atoms with Crippen LogP contribution >= 0.6 is 0 Å². The van der Waals surface area contributed by atoms with E-state index in [9.17, 15) is 0 Å². The Morgan fingerprint density at radius 2 is 1.67 bits per heavy atom. The van der Waals surface area contributed by atoms with E-state index in [0.29, 0.717) is 0 Å². The summed E-state index contributed by atoms with van der Waals surface area (Å²) in [5, 5.41) is 0. The van der Waals surface area contributed by atoms with Gasteiger partial charge in [-0.2, -0.15) is 0 Å². The predicted molar refractivity (Wildman–Crippen MR) is 43.4 cm³/mol. The molecule has 0 heterocycles. The number of unbranched alkanes of at least 4 members (excludes halogenated alkanes) is 1. The Bertz CT molecular complexity index is 98.6. The molecule has 0 amide bonds. The summed E-state index contributed by atoms with van der Waals surface area (Å²) in [4.78, 5) is 0. The molecule has 0 atom stereocenters. The fourth-order valence-corrected chi connectivity index (χ4v) is 0.524. The molecular weight excluding hydrogens is 108 g/mol. The molecule has 0 heteroatoms. The number of hydrogen-bond donors (Lipinski definition) is 0. The Hall–Kier alpha value is -0.780. The molecule has 0 saturated carbocycles. The largest absolute Gasteiger partial charge is 0.103 e. The summed E-state index contributed by atoms with van der Waals surface area (Å²) in [6.07, 6.45) is 11.3. The maximum absolute atomic E-state index is 3.62. The van der Waals surface area contributed by atoms with E-state index in [-0.39, 0.29) is 0 Å². The molecule has 0 aromatic rings. The van der Waals surface area contributed by atoms with Gasteiger partial charge in [-0.1, -0.05) is 24.3 Å². The number of hydrogen-bond acceptors (Lipinski definition) is 0. The number of allylic oxidation sites excluding steroid dienone is 4. The van der Waals surface area contributed by atoms with Gasteiger partial charge in [0.05, 0.1) is 0 Å². The smallest absolute Gasteiger partial charge is 0.0172 e. The van der Waals surface area contributed by atoms with Crippen LogP contribution in [0.25, 0.3) is 0 Å². The van der Waals surface area contributed by atoms with Crippen LogP contribution in [0.3, 0.4) is 0 Å². The topological polar surface area (TPSA) is 0 Å². The van der Waals surface area contributed by atoms with Crippen molar-refractivity contribution in [3.05, 3.63) is 37.5 Å². The quantitative estimate of drug-likeness (QED) is 0.388. The fraction of sp³-hybridized carbons (Fsp3) is 0.333. The molecule has 0 bridgehead atoms. The molecule has 0 radical (unpaired) electrons. The highest BCUT2D eigenvalue weighted by Gasteiger charge is 1.71. The van der Waals surface area contributed by atoms with Gasteiger partial charge in [-0.3, -0.25) is 0 Å². The summed E-state index contributed by atoms with van der Waals surface area (Å²) < 4.78 is 0. The molecule has 0 rings (SSSR count). The summed E-state index contributed by atoms with van der Waals surface area (Å²) in [7, 11) is 0. The van der Waals surface area contributed by atoms with Gasteiger partial charge in [0.2, 0.25) is 0 Å². The van der Waals surface area contributed by atoms with Crippen molar-refractivity contribution in [2.75, 3.05) is 0 Å². The summed E-state index contributed by atoms with van der Waals surface area (Å²) in [6, 6.07) is 0. The van der Waals surface area contributed by atoms with Gasteiger partial charge in [0.15, 0.2) is 0 Å². The van der Waals surface area contributed by atoms with E-state index in [0.717, 1.165) is 19.3 Å². The van der Waals surface area contributed by atoms with Gasteiger partial charge in [-0.05, 0) is 19.3 Å². The first-order valence-electron chi connectivity index (χ1n) is 3.28. The van der Waals surface area contributed by atoms with Crippen molar-refractivity contribution in [1.29, 1.82) is 0 Å². The standard InChI is InChI=1S/C9H14/c1-3-5-7-9-8-6-4-2/h3-4,7,9H,1-2,5-6,8H2/b9-7+. The van der Waals surface area contributed by atoms with E-state index >= 15 is 0 Å². The third-order valence-electron chi connectivity index (χ3n) is 1.01. The Labute approximate surface area is 57.6 Å². The lowest BCUT2D eigenvalue weighted by Crippen LogP contribution is -1.62. The SMILES string of the molecule is C=CC/C=C/CCC=C. The Morgan fingerprint density at radius 1 is 0.889 bits per heavy atom. The zero-order valence-corrected chi connectivity index (χ0v) is 5.84. The van der Waals surface area contributed by atoms with Gasteiger partial charge in [0, 0.05) is 0 Å². The molecule has 0 N–H and O–H groups in total. The van der Waals surface area contributed by atoms with Crippen LogP contribution in [-0.2, 0) is 0 Å². The highest BCUT2D eigenvalue weighted by atomic mass is 13.8. The average Bonchev–Trinajstić information content (AvgIpc) is 1.89. The minimum atomic E-state index is 0.983. The van der Waals surface area contributed by atoms with Crippen LogP contribution in [0.4, 0.5) is 0 Å². The summed E-state index contributed by atoms with van der Waals surface area (Å²) in [5.74, 6) is 0. The molecule has 0 aliphatic carbocycles. The third-order valence-corrected chi connectivity index (χ3v) is 1.01. The van der Waals surface area contributed by atoms with Gasteiger partial charge in [0.1, 0.15) is 0 Å². The zero-order valence-electron chi connectivity index (χ0n) is 5.84. The Balaban J connectivity index is 3.03. The van der Waals surface area contributed by atoms with E-state index in [1.807, 2.05) is 12.2 Å². The molecule has 0 aromatic carbocycles. The molecule has 9 heavy (non-hydrogen) atoms. The maximum Gasteiger partial charge on any atom is -0.0172 e. The van der Waals surface area contributed by atoms with Crippen LogP contribution in [-0.4, -0.2) is 0 Å². The summed E-state index contributed by atoms with van der Waals surface area (Å²) in [6.45, 7) is 7.23. The predicted octanol–water partition coefficient (Wildman–Crippen LogP) is 3.08. The molecule has 0 spiro atoms. The summed E-state index contributed by atoms with van der Waals surface area (Å²) in [5.41, 5.74) is 0. The van der Waals surface area contributed by atoms with Gasteiger partial charge >= 0.3 is 0 Å². The number of rotatable bonds is 5. The van der Waals surface area contributed by atoms with Crippen LogP contribution in [0.5, 0.6) is 0 Å². The van der Waals surface area contributed by atoms with Crippen molar-refractivity contribution >= 4 is 0 Å².